The van der Waals surface area contributed by atoms with Crippen molar-refractivity contribution < 1.29 is 14.3 Å². The van der Waals surface area contributed by atoms with E-state index >= 15 is 0 Å². The SMILES string of the molecule is Cc1cc(CNC(C(=O)O)C2CC2)ccc1F. The molecule has 4 heteroatoms. The fourth-order valence-electron chi connectivity index (χ4n) is 1.93. The Labute approximate surface area is 99.7 Å². The number of hydrogen-bond acceptors (Lipinski definition) is 2. The molecule has 17 heavy (non-hydrogen) atoms. The van der Waals surface area contributed by atoms with Crippen LogP contribution in [0.4, 0.5) is 4.39 Å². The van der Waals surface area contributed by atoms with E-state index in [0.717, 1.165) is 18.4 Å². The minimum atomic E-state index is -0.800. The predicted octanol–water partition coefficient (Wildman–Crippen LogP) is 2.09. The topological polar surface area (TPSA) is 49.3 Å². The highest BCUT2D eigenvalue weighted by Crippen LogP contribution is 2.32. The highest BCUT2D eigenvalue weighted by molar-refractivity contribution is 5.74. The standard InChI is InChI=1S/C13H16FNO2/c1-8-6-9(2-5-11(8)14)7-15-12(13(16)17)10-3-4-10/h2,5-6,10,12,15H,3-4,7H2,1H3,(H,16,17). The Morgan fingerprint density at radius 2 is 2.29 bits per heavy atom. The van der Waals surface area contributed by atoms with Crippen molar-refractivity contribution in [1.29, 1.82) is 0 Å². The molecule has 1 atom stereocenters. The third-order valence-corrected chi connectivity index (χ3v) is 3.11. The molecule has 0 radical (unpaired) electrons. The number of benzene rings is 1. The van der Waals surface area contributed by atoms with E-state index in [1.807, 2.05) is 0 Å². The lowest BCUT2D eigenvalue weighted by atomic mass is 10.1. The van der Waals surface area contributed by atoms with Gasteiger partial charge in [0.15, 0.2) is 0 Å². The summed E-state index contributed by atoms with van der Waals surface area (Å²) in [6.07, 6.45) is 1.96. The third-order valence-electron chi connectivity index (χ3n) is 3.11. The first-order valence-corrected chi connectivity index (χ1v) is 5.79. The molecule has 0 saturated heterocycles. The van der Waals surface area contributed by atoms with Crippen molar-refractivity contribution in [2.45, 2.75) is 32.4 Å². The normalized spacial score (nSPS) is 16.8. The molecule has 1 fully saturated rings. The van der Waals surface area contributed by atoms with Crippen LogP contribution in [0.3, 0.4) is 0 Å². The van der Waals surface area contributed by atoms with Crippen LogP contribution in [0.25, 0.3) is 0 Å². The number of hydrogen-bond donors (Lipinski definition) is 2. The van der Waals surface area contributed by atoms with Gasteiger partial charge in [-0.1, -0.05) is 12.1 Å². The number of nitrogens with one attached hydrogen (secondary N) is 1. The van der Waals surface area contributed by atoms with Crippen LogP contribution in [0.5, 0.6) is 0 Å². The van der Waals surface area contributed by atoms with Crippen molar-refractivity contribution >= 4 is 5.97 Å². The predicted molar refractivity (Wildman–Crippen MR) is 62.1 cm³/mol. The molecule has 2 N–H and O–H groups in total. The molecule has 92 valence electrons. The minimum absolute atomic E-state index is 0.231. The first-order valence-electron chi connectivity index (χ1n) is 5.79. The summed E-state index contributed by atoms with van der Waals surface area (Å²) < 4.78 is 13.0. The summed E-state index contributed by atoms with van der Waals surface area (Å²) in [6, 6.07) is 4.37. The number of carboxylic acids is 1. The number of aliphatic carboxylic acids is 1. The first-order chi connectivity index (χ1) is 8.08. The van der Waals surface area contributed by atoms with Crippen LogP contribution in [0.1, 0.15) is 24.0 Å². The summed E-state index contributed by atoms with van der Waals surface area (Å²) in [7, 11) is 0. The largest absolute Gasteiger partial charge is 0.480 e. The van der Waals surface area contributed by atoms with Crippen LogP contribution < -0.4 is 5.32 Å². The molecule has 1 saturated carbocycles. The zero-order valence-corrected chi connectivity index (χ0v) is 9.74. The highest BCUT2D eigenvalue weighted by Gasteiger charge is 2.35. The number of carboxylic acid groups (broad SMARTS) is 1. The van der Waals surface area contributed by atoms with Crippen molar-refractivity contribution in [2.75, 3.05) is 0 Å². The van der Waals surface area contributed by atoms with Gasteiger partial charge in [0.2, 0.25) is 0 Å². The second-order valence-electron chi connectivity index (χ2n) is 4.62. The van der Waals surface area contributed by atoms with Crippen molar-refractivity contribution in [3.8, 4) is 0 Å². The van der Waals surface area contributed by atoms with Gasteiger partial charge in [0.05, 0.1) is 0 Å². The number of rotatable bonds is 5. The number of carbonyl (C=O) groups is 1. The van der Waals surface area contributed by atoms with E-state index in [-0.39, 0.29) is 11.7 Å². The Morgan fingerprint density at radius 1 is 1.59 bits per heavy atom. The maximum atomic E-state index is 13.0. The van der Waals surface area contributed by atoms with Crippen molar-refractivity contribution in [2.24, 2.45) is 5.92 Å². The molecule has 0 heterocycles. The highest BCUT2D eigenvalue weighted by atomic mass is 19.1. The van der Waals surface area contributed by atoms with Gasteiger partial charge >= 0.3 is 5.97 Å². The number of halogens is 1. The summed E-state index contributed by atoms with van der Waals surface area (Å²) in [5.74, 6) is -0.772. The van der Waals surface area contributed by atoms with Gasteiger partial charge in [0.1, 0.15) is 11.9 Å². The fourth-order valence-corrected chi connectivity index (χ4v) is 1.93. The quantitative estimate of drug-likeness (QED) is 0.824. The molecular formula is C13H16FNO2. The zero-order chi connectivity index (χ0) is 12.4. The van der Waals surface area contributed by atoms with Gasteiger partial charge in [-0.25, -0.2) is 4.39 Å². The van der Waals surface area contributed by atoms with Crippen LogP contribution >= 0.6 is 0 Å². The van der Waals surface area contributed by atoms with E-state index in [9.17, 15) is 9.18 Å². The Hall–Kier alpha value is -1.42. The van der Waals surface area contributed by atoms with E-state index in [1.54, 1.807) is 19.1 Å². The second kappa shape index (κ2) is 4.84. The zero-order valence-electron chi connectivity index (χ0n) is 9.74. The lowest BCUT2D eigenvalue weighted by molar-refractivity contribution is -0.140. The average Bonchev–Trinajstić information content (AvgIpc) is 3.07. The Balaban J connectivity index is 1.96. The van der Waals surface area contributed by atoms with Crippen LogP contribution in [0, 0.1) is 18.7 Å². The lowest BCUT2D eigenvalue weighted by Gasteiger charge is -2.13. The summed E-state index contributed by atoms with van der Waals surface area (Å²) in [4.78, 5) is 11.0. The molecule has 1 aliphatic rings. The third kappa shape index (κ3) is 3.03. The Kier molecular flexibility index (Phi) is 3.43. The fraction of sp³-hybridized carbons (Fsp3) is 0.462. The van der Waals surface area contributed by atoms with Gasteiger partial charge < -0.3 is 10.4 Å². The first kappa shape index (κ1) is 12.0. The summed E-state index contributed by atoms with van der Waals surface area (Å²) in [5.41, 5.74) is 1.50. The van der Waals surface area contributed by atoms with Gasteiger partial charge in [-0.2, -0.15) is 0 Å². The smallest absolute Gasteiger partial charge is 0.320 e. The van der Waals surface area contributed by atoms with Gasteiger partial charge in [-0.05, 0) is 42.9 Å². The average molecular weight is 237 g/mol. The second-order valence-corrected chi connectivity index (χ2v) is 4.62. The molecule has 1 unspecified atom stereocenters. The Bertz CT molecular complexity index is 429. The van der Waals surface area contributed by atoms with E-state index < -0.39 is 12.0 Å². The van der Waals surface area contributed by atoms with Crippen molar-refractivity contribution in [3.63, 3.8) is 0 Å². The van der Waals surface area contributed by atoms with Crippen LogP contribution in [0.2, 0.25) is 0 Å². The molecule has 1 aromatic carbocycles. The molecule has 0 aliphatic heterocycles. The van der Waals surface area contributed by atoms with Crippen LogP contribution in [-0.2, 0) is 11.3 Å². The van der Waals surface area contributed by atoms with E-state index in [4.69, 9.17) is 5.11 Å². The molecule has 2 rings (SSSR count). The molecular weight excluding hydrogens is 221 g/mol. The monoisotopic (exact) mass is 237 g/mol. The summed E-state index contributed by atoms with van der Waals surface area (Å²) in [5, 5.41) is 12.1. The molecule has 0 bridgehead atoms. The molecule has 0 aromatic heterocycles. The summed E-state index contributed by atoms with van der Waals surface area (Å²) in [6.45, 7) is 2.17. The van der Waals surface area contributed by atoms with Gasteiger partial charge in [0, 0.05) is 6.54 Å². The van der Waals surface area contributed by atoms with Gasteiger partial charge in [-0.3, -0.25) is 4.79 Å². The maximum Gasteiger partial charge on any atom is 0.320 e. The van der Waals surface area contributed by atoms with E-state index in [1.165, 1.54) is 6.07 Å². The molecule has 1 aliphatic carbocycles. The van der Waals surface area contributed by atoms with E-state index in [2.05, 4.69) is 5.32 Å². The Morgan fingerprint density at radius 3 is 2.82 bits per heavy atom. The van der Waals surface area contributed by atoms with Crippen LogP contribution in [-0.4, -0.2) is 17.1 Å². The van der Waals surface area contributed by atoms with Crippen molar-refractivity contribution in [1.82, 2.24) is 5.32 Å². The lowest BCUT2D eigenvalue weighted by Crippen LogP contribution is -2.38. The molecule has 0 spiro atoms. The number of aryl methyl sites for hydroxylation is 1. The van der Waals surface area contributed by atoms with Gasteiger partial charge in [-0.15, -0.1) is 0 Å². The van der Waals surface area contributed by atoms with Crippen molar-refractivity contribution in [3.05, 3.63) is 35.1 Å². The molecule has 0 amide bonds. The van der Waals surface area contributed by atoms with Gasteiger partial charge in [0.25, 0.3) is 0 Å². The van der Waals surface area contributed by atoms with Crippen LogP contribution in [0.15, 0.2) is 18.2 Å². The maximum absolute atomic E-state index is 13.0. The minimum Gasteiger partial charge on any atom is -0.480 e. The summed E-state index contributed by atoms with van der Waals surface area (Å²) >= 11 is 0. The molecule has 1 aromatic rings. The van der Waals surface area contributed by atoms with E-state index in [0.29, 0.717) is 12.1 Å². The molecule has 3 nitrogen and oxygen atoms in total.